The zero-order valence-corrected chi connectivity index (χ0v) is 9.39. The number of halogens is 1. The van der Waals surface area contributed by atoms with Crippen molar-refractivity contribution in [1.82, 2.24) is 4.98 Å². The first kappa shape index (κ1) is 11.4. The Kier molecular flexibility index (Phi) is 3.25. The van der Waals surface area contributed by atoms with Crippen molar-refractivity contribution in [2.45, 2.75) is 0 Å². The highest BCUT2D eigenvalue weighted by Crippen LogP contribution is 2.21. The SMILES string of the molecule is O=C(O)c1cccc(Oc2ccc(Cl)cn2)c1. The van der Waals surface area contributed by atoms with Crippen LogP contribution in [0.1, 0.15) is 10.4 Å². The summed E-state index contributed by atoms with van der Waals surface area (Å²) >= 11 is 5.69. The fourth-order valence-corrected chi connectivity index (χ4v) is 1.35. The van der Waals surface area contributed by atoms with Gasteiger partial charge in [-0.3, -0.25) is 0 Å². The number of nitrogens with zero attached hydrogens (tertiary/aromatic N) is 1. The van der Waals surface area contributed by atoms with Gasteiger partial charge in [0.2, 0.25) is 5.88 Å². The molecular weight excluding hydrogens is 242 g/mol. The van der Waals surface area contributed by atoms with E-state index in [0.29, 0.717) is 16.7 Å². The molecule has 1 aromatic carbocycles. The van der Waals surface area contributed by atoms with Crippen LogP contribution in [0.3, 0.4) is 0 Å². The Morgan fingerprint density at radius 2 is 2.12 bits per heavy atom. The first-order valence-corrected chi connectivity index (χ1v) is 5.16. The molecule has 0 unspecified atom stereocenters. The molecule has 2 rings (SSSR count). The first-order valence-electron chi connectivity index (χ1n) is 4.78. The van der Waals surface area contributed by atoms with E-state index in [2.05, 4.69) is 4.98 Å². The number of ether oxygens (including phenoxy) is 1. The molecule has 86 valence electrons. The molecule has 5 heteroatoms. The normalized spacial score (nSPS) is 9.94. The zero-order valence-electron chi connectivity index (χ0n) is 8.63. The highest BCUT2D eigenvalue weighted by atomic mass is 35.5. The van der Waals surface area contributed by atoms with Crippen LogP contribution in [0.15, 0.2) is 42.6 Å². The molecule has 2 aromatic rings. The number of hydrogen-bond donors (Lipinski definition) is 1. The van der Waals surface area contributed by atoms with Crippen molar-refractivity contribution in [1.29, 1.82) is 0 Å². The predicted molar refractivity (Wildman–Crippen MR) is 62.7 cm³/mol. The molecule has 0 saturated carbocycles. The summed E-state index contributed by atoms with van der Waals surface area (Å²) in [7, 11) is 0. The lowest BCUT2D eigenvalue weighted by atomic mass is 10.2. The van der Waals surface area contributed by atoms with Crippen LogP contribution >= 0.6 is 11.6 Å². The molecule has 0 aliphatic carbocycles. The third-order valence-electron chi connectivity index (χ3n) is 2.00. The summed E-state index contributed by atoms with van der Waals surface area (Å²) in [6.45, 7) is 0. The molecule has 0 bridgehead atoms. The standard InChI is InChI=1S/C12H8ClNO3/c13-9-4-5-11(14-7-9)17-10-3-1-2-8(6-10)12(15)16/h1-7H,(H,15,16). The number of pyridine rings is 1. The third kappa shape index (κ3) is 2.95. The smallest absolute Gasteiger partial charge is 0.335 e. The average Bonchev–Trinajstić information content (AvgIpc) is 2.32. The molecule has 0 spiro atoms. The maximum absolute atomic E-state index is 10.8. The minimum Gasteiger partial charge on any atom is -0.478 e. The van der Waals surface area contributed by atoms with Gasteiger partial charge in [-0.05, 0) is 24.3 Å². The van der Waals surface area contributed by atoms with E-state index in [1.54, 1.807) is 24.3 Å². The van der Waals surface area contributed by atoms with Gasteiger partial charge in [0, 0.05) is 12.3 Å². The molecule has 1 heterocycles. The van der Waals surface area contributed by atoms with Gasteiger partial charge in [-0.15, -0.1) is 0 Å². The van der Waals surface area contributed by atoms with Crippen LogP contribution < -0.4 is 4.74 Å². The van der Waals surface area contributed by atoms with E-state index in [9.17, 15) is 4.79 Å². The molecule has 0 atom stereocenters. The molecule has 17 heavy (non-hydrogen) atoms. The highest BCUT2D eigenvalue weighted by molar-refractivity contribution is 6.30. The number of carboxylic acid groups (broad SMARTS) is 1. The van der Waals surface area contributed by atoms with Crippen molar-refractivity contribution in [2.75, 3.05) is 0 Å². The molecule has 0 saturated heterocycles. The van der Waals surface area contributed by atoms with Gasteiger partial charge in [0.15, 0.2) is 0 Å². The number of aromatic carboxylic acids is 1. The lowest BCUT2D eigenvalue weighted by Crippen LogP contribution is -1.96. The van der Waals surface area contributed by atoms with Gasteiger partial charge in [-0.25, -0.2) is 9.78 Å². The number of carboxylic acids is 1. The Labute approximate surface area is 102 Å². The Morgan fingerprint density at radius 3 is 2.76 bits per heavy atom. The van der Waals surface area contributed by atoms with Gasteiger partial charge >= 0.3 is 5.97 Å². The van der Waals surface area contributed by atoms with Gasteiger partial charge in [0.05, 0.1) is 10.6 Å². The molecule has 0 radical (unpaired) electrons. The predicted octanol–water partition coefficient (Wildman–Crippen LogP) is 3.23. The summed E-state index contributed by atoms with van der Waals surface area (Å²) in [5.74, 6) is -0.226. The van der Waals surface area contributed by atoms with E-state index < -0.39 is 5.97 Å². The van der Waals surface area contributed by atoms with Crippen molar-refractivity contribution >= 4 is 17.6 Å². The molecule has 4 nitrogen and oxygen atoms in total. The largest absolute Gasteiger partial charge is 0.478 e. The second-order valence-electron chi connectivity index (χ2n) is 3.25. The summed E-state index contributed by atoms with van der Waals surface area (Å²) < 4.78 is 5.39. The molecule has 0 aliphatic rings. The fraction of sp³-hybridized carbons (Fsp3) is 0. The van der Waals surface area contributed by atoms with Crippen LogP contribution in [0.25, 0.3) is 0 Å². The van der Waals surface area contributed by atoms with E-state index in [-0.39, 0.29) is 5.56 Å². The summed E-state index contributed by atoms with van der Waals surface area (Å²) in [5.41, 5.74) is 0.163. The highest BCUT2D eigenvalue weighted by Gasteiger charge is 2.05. The fourth-order valence-electron chi connectivity index (χ4n) is 1.24. The molecule has 1 N–H and O–H groups in total. The Balaban J connectivity index is 2.21. The van der Waals surface area contributed by atoms with Gasteiger partial charge in [0.1, 0.15) is 5.75 Å². The zero-order chi connectivity index (χ0) is 12.3. The Morgan fingerprint density at radius 1 is 1.29 bits per heavy atom. The van der Waals surface area contributed by atoms with E-state index in [1.807, 2.05) is 0 Å². The van der Waals surface area contributed by atoms with Crippen molar-refractivity contribution in [3.05, 3.63) is 53.2 Å². The van der Waals surface area contributed by atoms with E-state index >= 15 is 0 Å². The van der Waals surface area contributed by atoms with Gasteiger partial charge in [0.25, 0.3) is 0 Å². The number of aromatic nitrogens is 1. The van der Waals surface area contributed by atoms with Crippen LogP contribution in [0.5, 0.6) is 11.6 Å². The maximum atomic E-state index is 10.8. The summed E-state index contributed by atoms with van der Waals surface area (Å²) in [4.78, 5) is 14.7. The summed E-state index contributed by atoms with van der Waals surface area (Å²) in [6, 6.07) is 9.43. The van der Waals surface area contributed by atoms with E-state index in [0.717, 1.165) is 0 Å². The third-order valence-corrected chi connectivity index (χ3v) is 2.23. The lowest BCUT2D eigenvalue weighted by molar-refractivity contribution is 0.0696. The molecule has 0 aliphatic heterocycles. The second kappa shape index (κ2) is 4.84. The topological polar surface area (TPSA) is 59.4 Å². The molecule has 0 fully saturated rings. The molecular formula is C12H8ClNO3. The van der Waals surface area contributed by atoms with Crippen molar-refractivity contribution in [3.8, 4) is 11.6 Å². The van der Waals surface area contributed by atoms with Crippen LogP contribution in [-0.4, -0.2) is 16.1 Å². The lowest BCUT2D eigenvalue weighted by Gasteiger charge is -2.04. The van der Waals surface area contributed by atoms with Gasteiger partial charge in [-0.1, -0.05) is 17.7 Å². The van der Waals surface area contributed by atoms with Crippen LogP contribution in [-0.2, 0) is 0 Å². The second-order valence-corrected chi connectivity index (χ2v) is 3.69. The first-order chi connectivity index (χ1) is 8.15. The summed E-state index contributed by atoms with van der Waals surface area (Å²) in [6.07, 6.45) is 1.46. The average molecular weight is 250 g/mol. The number of benzene rings is 1. The van der Waals surface area contributed by atoms with Gasteiger partial charge < -0.3 is 9.84 Å². The van der Waals surface area contributed by atoms with E-state index in [4.69, 9.17) is 21.4 Å². The quantitative estimate of drug-likeness (QED) is 0.907. The Hall–Kier alpha value is -2.07. The minimum atomic E-state index is -1.00. The summed E-state index contributed by atoms with van der Waals surface area (Å²) in [5, 5.41) is 9.33. The van der Waals surface area contributed by atoms with Crippen molar-refractivity contribution in [2.24, 2.45) is 0 Å². The van der Waals surface area contributed by atoms with Crippen LogP contribution in [0, 0.1) is 0 Å². The maximum Gasteiger partial charge on any atom is 0.335 e. The number of hydrogen-bond acceptors (Lipinski definition) is 3. The van der Waals surface area contributed by atoms with E-state index in [1.165, 1.54) is 18.3 Å². The van der Waals surface area contributed by atoms with Crippen LogP contribution in [0.4, 0.5) is 0 Å². The monoisotopic (exact) mass is 249 g/mol. The Bertz CT molecular complexity index is 540. The number of carbonyl (C=O) groups is 1. The number of rotatable bonds is 3. The minimum absolute atomic E-state index is 0.163. The molecule has 0 amide bonds. The van der Waals surface area contributed by atoms with Crippen molar-refractivity contribution in [3.63, 3.8) is 0 Å². The van der Waals surface area contributed by atoms with Crippen LogP contribution in [0.2, 0.25) is 5.02 Å². The van der Waals surface area contributed by atoms with Gasteiger partial charge in [-0.2, -0.15) is 0 Å². The molecule has 1 aromatic heterocycles. The van der Waals surface area contributed by atoms with Crippen molar-refractivity contribution < 1.29 is 14.6 Å².